The van der Waals surface area contributed by atoms with Crippen molar-refractivity contribution in [3.63, 3.8) is 0 Å². The molecule has 1 saturated heterocycles. The molecular weight excluding hydrogens is 428 g/mol. The number of hydrogen-bond donors (Lipinski definition) is 0. The molecule has 1 fully saturated rings. The first-order valence-corrected chi connectivity index (χ1v) is 10.4. The van der Waals surface area contributed by atoms with E-state index in [0.717, 1.165) is 5.69 Å². The number of halogens is 2. The van der Waals surface area contributed by atoms with Crippen molar-refractivity contribution in [2.24, 2.45) is 0 Å². The molecule has 0 unspecified atom stereocenters. The molecule has 25 heavy (non-hydrogen) atoms. The third-order valence-corrected chi connectivity index (χ3v) is 6.92. The molecule has 2 aromatic carbocycles. The van der Waals surface area contributed by atoms with Crippen LogP contribution in [0.2, 0.25) is 5.02 Å². The predicted molar refractivity (Wildman–Crippen MR) is 103 cm³/mol. The van der Waals surface area contributed by atoms with Crippen LogP contribution in [0.3, 0.4) is 0 Å². The summed E-state index contributed by atoms with van der Waals surface area (Å²) in [4.78, 5) is 2.40. The van der Waals surface area contributed by atoms with E-state index >= 15 is 0 Å². The van der Waals surface area contributed by atoms with E-state index in [1.165, 1.54) is 4.31 Å². The summed E-state index contributed by atoms with van der Waals surface area (Å²) in [5.74, 6) is 0.602. The largest absolute Gasteiger partial charge is 0.496 e. The van der Waals surface area contributed by atoms with Crippen LogP contribution in [0.1, 0.15) is 0 Å². The second-order valence-corrected chi connectivity index (χ2v) is 8.90. The fourth-order valence-corrected chi connectivity index (χ4v) is 5.14. The average molecular weight is 446 g/mol. The molecule has 1 aliphatic heterocycles. The molecule has 0 amide bonds. The van der Waals surface area contributed by atoms with Crippen molar-refractivity contribution in [3.05, 3.63) is 52.0 Å². The van der Waals surface area contributed by atoms with E-state index in [2.05, 4.69) is 20.8 Å². The standard InChI is InChI=1S/C17H18BrClN2O3S/c1-24-17-6-5-15(12-16(17)18)25(22,23)21-9-7-20(8-10-21)14-4-2-3-13(19)11-14/h2-6,11-12H,7-10H2,1H3. The zero-order chi connectivity index (χ0) is 18.0. The quantitative estimate of drug-likeness (QED) is 0.721. The number of hydrogen-bond acceptors (Lipinski definition) is 4. The van der Waals surface area contributed by atoms with Crippen molar-refractivity contribution in [2.45, 2.75) is 4.90 Å². The van der Waals surface area contributed by atoms with Gasteiger partial charge in [-0.2, -0.15) is 4.31 Å². The van der Waals surface area contributed by atoms with Crippen molar-refractivity contribution < 1.29 is 13.2 Å². The van der Waals surface area contributed by atoms with Crippen molar-refractivity contribution in [1.29, 1.82) is 0 Å². The maximum Gasteiger partial charge on any atom is 0.243 e. The van der Waals surface area contributed by atoms with Gasteiger partial charge in [0.15, 0.2) is 0 Å². The van der Waals surface area contributed by atoms with Crippen LogP contribution in [-0.2, 0) is 10.0 Å². The van der Waals surface area contributed by atoms with Gasteiger partial charge in [-0.15, -0.1) is 0 Å². The molecule has 8 heteroatoms. The van der Waals surface area contributed by atoms with E-state index in [1.54, 1.807) is 25.3 Å². The Bertz CT molecular complexity index is 868. The number of rotatable bonds is 4. The number of sulfonamides is 1. The van der Waals surface area contributed by atoms with Crippen molar-refractivity contribution in [3.8, 4) is 5.75 Å². The van der Waals surface area contributed by atoms with E-state index in [-0.39, 0.29) is 4.90 Å². The van der Waals surface area contributed by atoms with Gasteiger partial charge >= 0.3 is 0 Å². The summed E-state index contributed by atoms with van der Waals surface area (Å²) in [6.07, 6.45) is 0. The van der Waals surface area contributed by atoms with Gasteiger partial charge in [0.1, 0.15) is 5.75 Å². The molecule has 0 aliphatic carbocycles. The number of ether oxygens (including phenoxy) is 1. The lowest BCUT2D eigenvalue weighted by Gasteiger charge is -2.35. The Morgan fingerprint density at radius 2 is 1.80 bits per heavy atom. The van der Waals surface area contributed by atoms with E-state index in [4.69, 9.17) is 16.3 Å². The van der Waals surface area contributed by atoms with Crippen LogP contribution in [0.4, 0.5) is 5.69 Å². The highest BCUT2D eigenvalue weighted by Gasteiger charge is 2.29. The van der Waals surface area contributed by atoms with Gasteiger partial charge in [-0.05, 0) is 52.3 Å². The monoisotopic (exact) mass is 444 g/mol. The highest BCUT2D eigenvalue weighted by Crippen LogP contribution is 2.29. The molecular formula is C17H18BrClN2O3S. The van der Waals surface area contributed by atoms with E-state index in [0.29, 0.717) is 41.4 Å². The van der Waals surface area contributed by atoms with Gasteiger partial charge in [-0.3, -0.25) is 0 Å². The van der Waals surface area contributed by atoms with Crippen molar-refractivity contribution in [1.82, 2.24) is 4.31 Å². The summed E-state index contributed by atoms with van der Waals surface area (Å²) in [6, 6.07) is 12.4. The molecule has 1 heterocycles. The van der Waals surface area contributed by atoms with Gasteiger partial charge in [0.25, 0.3) is 0 Å². The summed E-state index contributed by atoms with van der Waals surface area (Å²) >= 11 is 9.38. The van der Waals surface area contributed by atoms with Gasteiger partial charge < -0.3 is 9.64 Å². The summed E-state index contributed by atoms with van der Waals surface area (Å²) in [7, 11) is -1.98. The Morgan fingerprint density at radius 3 is 2.40 bits per heavy atom. The first-order chi connectivity index (χ1) is 11.9. The average Bonchev–Trinajstić information content (AvgIpc) is 2.61. The second kappa shape index (κ2) is 7.53. The zero-order valence-electron chi connectivity index (χ0n) is 13.7. The van der Waals surface area contributed by atoms with Crippen LogP contribution in [-0.4, -0.2) is 46.0 Å². The number of piperazine rings is 1. The first-order valence-electron chi connectivity index (χ1n) is 7.76. The maximum absolute atomic E-state index is 12.9. The number of methoxy groups -OCH3 is 1. The van der Waals surface area contributed by atoms with Crippen LogP contribution >= 0.6 is 27.5 Å². The fraction of sp³-hybridized carbons (Fsp3) is 0.294. The molecule has 2 aromatic rings. The van der Waals surface area contributed by atoms with E-state index in [1.807, 2.05) is 24.3 Å². The first kappa shape index (κ1) is 18.5. The summed E-state index contributed by atoms with van der Waals surface area (Å²) in [5, 5.41) is 0.677. The normalized spacial score (nSPS) is 16.0. The van der Waals surface area contributed by atoms with Gasteiger partial charge in [-0.25, -0.2) is 8.42 Å². The van der Waals surface area contributed by atoms with Gasteiger partial charge in [0.05, 0.1) is 16.5 Å². The van der Waals surface area contributed by atoms with Crippen LogP contribution in [0, 0.1) is 0 Å². The molecule has 0 spiro atoms. The van der Waals surface area contributed by atoms with E-state index in [9.17, 15) is 8.42 Å². The third kappa shape index (κ3) is 3.95. The van der Waals surface area contributed by atoms with Gasteiger partial charge in [0, 0.05) is 36.9 Å². The molecule has 0 radical (unpaired) electrons. The zero-order valence-corrected chi connectivity index (χ0v) is 16.8. The van der Waals surface area contributed by atoms with Crippen LogP contribution in [0.5, 0.6) is 5.75 Å². The lowest BCUT2D eigenvalue weighted by Crippen LogP contribution is -2.48. The van der Waals surface area contributed by atoms with Crippen LogP contribution in [0.25, 0.3) is 0 Å². The highest BCUT2D eigenvalue weighted by molar-refractivity contribution is 9.10. The second-order valence-electron chi connectivity index (χ2n) is 5.67. The molecule has 0 bridgehead atoms. The van der Waals surface area contributed by atoms with Gasteiger partial charge in [-0.1, -0.05) is 17.7 Å². The lowest BCUT2D eigenvalue weighted by atomic mass is 10.2. The molecule has 5 nitrogen and oxygen atoms in total. The summed E-state index contributed by atoms with van der Waals surface area (Å²) < 4.78 is 33.0. The summed E-state index contributed by atoms with van der Waals surface area (Å²) in [6.45, 7) is 2.10. The topological polar surface area (TPSA) is 49.9 Å². The SMILES string of the molecule is COc1ccc(S(=O)(=O)N2CCN(c3cccc(Cl)c3)CC2)cc1Br. The minimum Gasteiger partial charge on any atom is -0.496 e. The van der Waals surface area contributed by atoms with E-state index < -0.39 is 10.0 Å². The van der Waals surface area contributed by atoms with Crippen LogP contribution in [0.15, 0.2) is 51.8 Å². The third-order valence-electron chi connectivity index (χ3n) is 4.17. The molecule has 1 aliphatic rings. The Hall–Kier alpha value is -1.28. The molecule has 0 saturated carbocycles. The smallest absolute Gasteiger partial charge is 0.243 e. The number of benzene rings is 2. The van der Waals surface area contributed by atoms with Crippen molar-refractivity contribution in [2.75, 3.05) is 38.2 Å². The fourth-order valence-electron chi connectivity index (χ4n) is 2.82. The number of nitrogens with zero attached hydrogens (tertiary/aromatic N) is 2. The Kier molecular flexibility index (Phi) is 5.58. The predicted octanol–water partition coefficient (Wildman–Crippen LogP) is 3.62. The molecule has 0 atom stereocenters. The Labute approximate surface area is 161 Å². The molecule has 0 aromatic heterocycles. The summed E-state index contributed by atoms with van der Waals surface area (Å²) in [5.41, 5.74) is 1.01. The Balaban J connectivity index is 1.74. The highest BCUT2D eigenvalue weighted by atomic mass is 79.9. The lowest BCUT2D eigenvalue weighted by molar-refractivity contribution is 0.384. The van der Waals surface area contributed by atoms with Crippen LogP contribution < -0.4 is 9.64 Å². The molecule has 134 valence electrons. The maximum atomic E-state index is 12.9. The molecule has 3 rings (SSSR count). The minimum absolute atomic E-state index is 0.261. The van der Waals surface area contributed by atoms with Crippen molar-refractivity contribution >= 4 is 43.2 Å². The minimum atomic E-state index is -3.53. The van der Waals surface area contributed by atoms with Gasteiger partial charge in [0.2, 0.25) is 10.0 Å². The number of anilines is 1. The molecule has 0 N–H and O–H groups in total. The Morgan fingerprint density at radius 1 is 1.08 bits per heavy atom.